The molecule has 0 aliphatic heterocycles. The molecule has 4 rings (SSSR count). The standard InChI is InChI=1S/C18H10.C2H6/c1-3-7-15-13(5-1)9-11-18-16-8-4-2-6-14(16)10-12-17(15)18;1-2/h1,3,5-12H;1-2H3. The maximum Gasteiger partial charge on any atom is -0.00150 e. The molecule has 0 atom stereocenters. The highest BCUT2D eigenvalue weighted by Gasteiger charge is 2.07. The lowest BCUT2D eigenvalue weighted by Crippen LogP contribution is -1.86. The van der Waals surface area contributed by atoms with Crippen LogP contribution in [-0.4, -0.2) is 0 Å². The summed E-state index contributed by atoms with van der Waals surface area (Å²) in [6.07, 6.45) is 4.01. The van der Waals surface area contributed by atoms with Gasteiger partial charge in [0.05, 0.1) is 0 Å². The molecule has 1 aliphatic rings. The van der Waals surface area contributed by atoms with E-state index in [0.29, 0.717) is 0 Å². The normalized spacial score (nSPS) is 11.3. The Kier molecular flexibility index (Phi) is 3.27. The lowest BCUT2D eigenvalue weighted by atomic mass is 9.94. The minimum Gasteiger partial charge on any atom is -0.0696 e. The predicted molar refractivity (Wildman–Crippen MR) is 88.8 cm³/mol. The fourth-order valence-electron chi connectivity index (χ4n) is 2.65. The summed E-state index contributed by atoms with van der Waals surface area (Å²) in [6.45, 7) is 4.00. The van der Waals surface area contributed by atoms with Crippen LogP contribution in [0.25, 0.3) is 33.7 Å². The van der Waals surface area contributed by atoms with E-state index in [2.05, 4.69) is 60.0 Å². The first-order valence-electron chi connectivity index (χ1n) is 7.05. The molecule has 0 heterocycles. The third kappa shape index (κ3) is 1.89. The van der Waals surface area contributed by atoms with Crippen LogP contribution in [0.5, 0.6) is 0 Å². The van der Waals surface area contributed by atoms with Gasteiger partial charge >= 0.3 is 0 Å². The van der Waals surface area contributed by atoms with Crippen LogP contribution >= 0.6 is 0 Å². The molecule has 0 N–H and O–H groups in total. The van der Waals surface area contributed by atoms with Gasteiger partial charge in [-0.05, 0) is 44.8 Å². The molecule has 0 amide bonds. The first-order chi connectivity index (χ1) is 9.93. The predicted octanol–water partition coefficient (Wildman–Crippen LogP) is 5.81. The van der Waals surface area contributed by atoms with E-state index < -0.39 is 0 Å². The van der Waals surface area contributed by atoms with Gasteiger partial charge in [-0.3, -0.25) is 0 Å². The summed E-state index contributed by atoms with van der Waals surface area (Å²) in [6, 6.07) is 17.3. The molecule has 20 heavy (non-hydrogen) atoms. The van der Waals surface area contributed by atoms with Gasteiger partial charge in [0, 0.05) is 0 Å². The van der Waals surface area contributed by atoms with E-state index >= 15 is 0 Å². The molecule has 0 heteroatoms. The molecule has 0 nitrogen and oxygen atoms in total. The third-order valence-electron chi connectivity index (χ3n) is 3.53. The summed E-state index contributed by atoms with van der Waals surface area (Å²) in [4.78, 5) is 0. The van der Waals surface area contributed by atoms with Crippen molar-refractivity contribution in [2.24, 2.45) is 0 Å². The van der Waals surface area contributed by atoms with Crippen molar-refractivity contribution < 1.29 is 0 Å². The summed E-state index contributed by atoms with van der Waals surface area (Å²) < 4.78 is 0. The lowest BCUT2D eigenvalue weighted by Gasteiger charge is -2.09. The highest BCUT2D eigenvalue weighted by atomic mass is 14.1. The number of hydrogen-bond donors (Lipinski definition) is 0. The van der Waals surface area contributed by atoms with Crippen LogP contribution in [0.1, 0.15) is 25.0 Å². The maximum atomic E-state index is 3.05. The Labute approximate surface area is 119 Å². The van der Waals surface area contributed by atoms with Crippen molar-refractivity contribution in [2.75, 3.05) is 0 Å². The van der Waals surface area contributed by atoms with E-state index in [1.807, 2.05) is 26.0 Å². The van der Waals surface area contributed by atoms with Crippen LogP contribution in [0.3, 0.4) is 0 Å². The van der Waals surface area contributed by atoms with Gasteiger partial charge in [-0.1, -0.05) is 73.8 Å². The number of fused-ring (bicyclic) bond motifs is 5. The average Bonchev–Trinajstić information content (AvgIpc) is 2.56. The number of benzene rings is 3. The van der Waals surface area contributed by atoms with Crippen molar-refractivity contribution in [1.29, 1.82) is 0 Å². The van der Waals surface area contributed by atoms with E-state index in [9.17, 15) is 0 Å². The molecule has 0 radical (unpaired) electrons. The monoisotopic (exact) mass is 256 g/mol. The van der Waals surface area contributed by atoms with E-state index in [1.165, 1.54) is 32.7 Å². The molecule has 0 spiro atoms. The quantitative estimate of drug-likeness (QED) is 0.275. The molecule has 96 valence electrons. The van der Waals surface area contributed by atoms with Crippen LogP contribution in [-0.2, 0) is 0 Å². The minimum atomic E-state index is 1.22. The van der Waals surface area contributed by atoms with Crippen molar-refractivity contribution in [3.63, 3.8) is 0 Å². The number of hydrogen-bond acceptors (Lipinski definition) is 0. The van der Waals surface area contributed by atoms with Gasteiger partial charge in [-0.25, -0.2) is 0 Å². The smallest absolute Gasteiger partial charge is 0.00150 e. The highest BCUT2D eigenvalue weighted by Crippen LogP contribution is 2.31. The topological polar surface area (TPSA) is 0 Å². The van der Waals surface area contributed by atoms with Gasteiger partial charge in [0.25, 0.3) is 0 Å². The van der Waals surface area contributed by atoms with Crippen molar-refractivity contribution in [1.82, 2.24) is 0 Å². The minimum absolute atomic E-state index is 1.22. The highest BCUT2D eigenvalue weighted by molar-refractivity contribution is 6.10. The molecule has 3 aromatic carbocycles. The molecule has 0 saturated carbocycles. The summed E-state index contributed by atoms with van der Waals surface area (Å²) >= 11 is 0. The Balaban J connectivity index is 0.000000581. The molecule has 0 aromatic heterocycles. The van der Waals surface area contributed by atoms with E-state index in [4.69, 9.17) is 0 Å². The van der Waals surface area contributed by atoms with Crippen molar-refractivity contribution >= 4 is 33.7 Å². The third-order valence-corrected chi connectivity index (χ3v) is 3.53. The largest absolute Gasteiger partial charge is 0.0696 e. The van der Waals surface area contributed by atoms with E-state index in [0.717, 1.165) is 0 Å². The van der Waals surface area contributed by atoms with Crippen LogP contribution in [0.4, 0.5) is 0 Å². The average molecular weight is 256 g/mol. The second kappa shape index (κ2) is 5.23. The van der Waals surface area contributed by atoms with Crippen LogP contribution < -0.4 is 0 Å². The van der Waals surface area contributed by atoms with Crippen LogP contribution in [0, 0.1) is 0 Å². The SMILES string of the molecule is C1=C=Cc2c(ccc3c2ccc2ccccc23)C=1.CC. The van der Waals surface area contributed by atoms with Crippen molar-refractivity contribution in [3.8, 4) is 0 Å². The Morgan fingerprint density at radius 3 is 2.30 bits per heavy atom. The fraction of sp³-hybridized carbons (Fsp3) is 0.100. The Hall–Kier alpha value is -2.52. The first-order valence-corrected chi connectivity index (χ1v) is 7.05. The molecule has 0 fully saturated rings. The van der Waals surface area contributed by atoms with Gasteiger partial charge in [0.1, 0.15) is 0 Å². The zero-order valence-corrected chi connectivity index (χ0v) is 11.8. The summed E-state index contributed by atoms with van der Waals surface area (Å²) in [5.74, 6) is 0. The summed E-state index contributed by atoms with van der Waals surface area (Å²) in [5.41, 5.74) is 8.53. The van der Waals surface area contributed by atoms with Gasteiger partial charge in [-0.15, -0.1) is 0 Å². The van der Waals surface area contributed by atoms with Gasteiger partial charge in [0.2, 0.25) is 0 Å². The Morgan fingerprint density at radius 2 is 1.40 bits per heavy atom. The zero-order chi connectivity index (χ0) is 13.9. The second-order valence-corrected chi connectivity index (χ2v) is 4.53. The summed E-state index contributed by atoms with van der Waals surface area (Å²) in [5, 5.41) is 5.19. The molecule has 0 saturated heterocycles. The molecule has 0 unspecified atom stereocenters. The Bertz CT molecular complexity index is 884. The second-order valence-electron chi connectivity index (χ2n) is 4.53. The molecular weight excluding hydrogens is 240 g/mol. The fourth-order valence-corrected chi connectivity index (χ4v) is 2.65. The molecule has 3 aromatic rings. The molecular formula is C20H16. The Morgan fingerprint density at radius 1 is 0.650 bits per heavy atom. The van der Waals surface area contributed by atoms with E-state index in [1.54, 1.807) is 0 Å². The van der Waals surface area contributed by atoms with Gasteiger partial charge in [-0.2, -0.15) is 0 Å². The van der Waals surface area contributed by atoms with Gasteiger partial charge < -0.3 is 0 Å². The summed E-state index contributed by atoms with van der Waals surface area (Å²) in [7, 11) is 0. The van der Waals surface area contributed by atoms with E-state index in [-0.39, 0.29) is 0 Å². The van der Waals surface area contributed by atoms with Gasteiger partial charge in [0.15, 0.2) is 0 Å². The van der Waals surface area contributed by atoms with Crippen LogP contribution in [0.15, 0.2) is 60.0 Å². The van der Waals surface area contributed by atoms with Crippen molar-refractivity contribution in [3.05, 3.63) is 71.1 Å². The lowest BCUT2D eigenvalue weighted by molar-refractivity contribution is 1.50. The van der Waals surface area contributed by atoms with Crippen LogP contribution in [0.2, 0.25) is 0 Å². The van der Waals surface area contributed by atoms with Crippen molar-refractivity contribution in [2.45, 2.75) is 13.8 Å². The molecule has 0 bridgehead atoms. The number of rotatable bonds is 0. The molecule has 1 aliphatic carbocycles. The maximum absolute atomic E-state index is 3.05. The first kappa shape index (κ1) is 12.5. The zero-order valence-electron chi connectivity index (χ0n) is 11.8.